The van der Waals surface area contributed by atoms with E-state index in [0.717, 1.165) is 12.8 Å². The van der Waals surface area contributed by atoms with Crippen molar-refractivity contribution < 1.29 is 4.84 Å². The molecule has 0 fully saturated rings. The van der Waals surface area contributed by atoms with Crippen molar-refractivity contribution in [3.63, 3.8) is 0 Å². The van der Waals surface area contributed by atoms with Crippen LogP contribution in [0.15, 0.2) is 12.7 Å². The first-order valence-corrected chi connectivity index (χ1v) is 2.99. The molecule has 0 amide bonds. The molecule has 0 aromatic carbocycles. The van der Waals surface area contributed by atoms with E-state index >= 15 is 0 Å². The van der Waals surface area contributed by atoms with Crippen molar-refractivity contribution in [1.29, 1.82) is 0 Å². The maximum Gasteiger partial charge on any atom is 0.0694 e. The Balaban J connectivity index is 3.04. The average Bonchev–Trinajstić information content (AvgIpc) is 1.85. The van der Waals surface area contributed by atoms with Gasteiger partial charge in [-0.05, 0) is 12.8 Å². The van der Waals surface area contributed by atoms with Crippen molar-refractivity contribution in [3.05, 3.63) is 12.7 Å². The number of nitrogens with two attached hydrogens (primary N) is 2. The zero-order valence-electron chi connectivity index (χ0n) is 5.55. The molecule has 3 heteroatoms. The summed E-state index contributed by atoms with van der Waals surface area (Å²) < 4.78 is 0. The van der Waals surface area contributed by atoms with Gasteiger partial charge >= 0.3 is 0 Å². The molecular formula is C6H14N2O. The molecule has 0 spiro atoms. The van der Waals surface area contributed by atoms with Gasteiger partial charge in [0, 0.05) is 6.04 Å². The fraction of sp³-hybridized carbons (Fsp3) is 0.667. The predicted octanol–water partition coefficient (Wildman–Crippen LogP) is 0.170. The molecule has 1 unspecified atom stereocenters. The molecule has 0 bridgehead atoms. The van der Waals surface area contributed by atoms with Crippen LogP contribution in [0.25, 0.3) is 0 Å². The molecule has 4 N–H and O–H groups in total. The van der Waals surface area contributed by atoms with E-state index in [1.54, 1.807) is 6.08 Å². The van der Waals surface area contributed by atoms with Gasteiger partial charge in [0.15, 0.2) is 0 Å². The molecule has 0 aliphatic carbocycles. The summed E-state index contributed by atoms with van der Waals surface area (Å²) in [6.45, 7) is 4.08. The first kappa shape index (κ1) is 8.62. The summed E-state index contributed by atoms with van der Waals surface area (Å²) in [6, 6.07) is 0.144. The Kier molecular flexibility index (Phi) is 5.51. The molecule has 0 rings (SSSR count). The van der Waals surface area contributed by atoms with Crippen molar-refractivity contribution in [2.24, 2.45) is 11.6 Å². The van der Waals surface area contributed by atoms with E-state index in [0.29, 0.717) is 6.61 Å². The maximum atomic E-state index is 5.56. The smallest absolute Gasteiger partial charge is 0.0694 e. The second-order valence-corrected chi connectivity index (χ2v) is 1.94. The second kappa shape index (κ2) is 5.75. The van der Waals surface area contributed by atoms with Gasteiger partial charge in [-0.2, -0.15) is 0 Å². The third kappa shape index (κ3) is 5.49. The van der Waals surface area contributed by atoms with E-state index in [1.807, 2.05) is 0 Å². The van der Waals surface area contributed by atoms with Gasteiger partial charge < -0.3 is 10.6 Å². The third-order valence-corrected chi connectivity index (χ3v) is 1.08. The van der Waals surface area contributed by atoms with Crippen LogP contribution in [0.3, 0.4) is 0 Å². The molecule has 1 atom stereocenters. The Morgan fingerprint density at radius 2 is 2.33 bits per heavy atom. The summed E-state index contributed by atoms with van der Waals surface area (Å²) >= 11 is 0. The lowest BCUT2D eigenvalue weighted by Gasteiger charge is -2.05. The second-order valence-electron chi connectivity index (χ2n) is 1.94. The van der Waals surface area contributed by atoms with Crippen LogP contribution in [0.4, 0.5) is 0 Å². The van der Waals surface area contributed by atoms with Crippen LogP contribution >= 0.6 is 0 Å². The molecule has 0 radical (unpaired) electrons. The Morgan fingerprint density at radius 1 is 1.67 bits per heavy atom. The van der Waals surface area contributed by atoms with Crippen molar-refractivity contribution in [3.8, 4) is 0 Å². The lowest BCUT2D eigenvalue weighted by Crippen LogP contribution is -2.21. The summed E-state index contributed by atoms with van der Waals surface area (Å²) in [5.74, 6) is 4.79. The molecule has 0 aliphatic heterocycles. The molecule has 0 aliphatic rings. The highest BCUT2D eigenvalue weighted by atomic mass is 16.6. The zero-order valence-corrected chi connectivity index (χ0v) is 5.55. The lowest BCUT2D eigenvalue weighted by atomic mass is 10.2. The normalized spacial score (nSPS) is 13.1. The summed E-state index contributed by atoms with van der Waals surface area (Å²) in [6.07, 6.45) is 3.41. The Labute approximate surface area is 55.6 Å². The molecule has 9 heavy (non-hydrogen) atoms. The monoisotopic (exact) mass is 130 g/mol. The van der Waals surface area contributed by atoms with Crippen LogP contribution in [0.2, 0.25) is 0 Å². The fourth-order valence-corrected chi connectivity index (χ4v) is 0.551. The van der Waals surface area contributed by atoms with E-state index in [9.17, 15) is 0 Å². The van der Waals surface area contributed by atoms with Gasteiger partial charge in [-0.1, -0.05) is 6.08 Å². The quantitative estimate of drug-likeness (QED) is 0.412. The molecule has 0 saturated carbocycles. The van der Waals surface area contributed by atoms with Crippen molar-refractivity contribution in [2.45, 2.75) is 18.9 Å². The number of hydrogen-bond acceptors (Lipinski definition) is 3. The van der Waals surface area contributed by atoms with Gasteiger partial charge in [-0.3, -0.25) is 0 Å². The van der Waals surface area contributed by atoms with Gasteiger partial charge in [0.1, 0.15) is 0 Å². The summed E-state index contributed by atoms with van der Waals surface area (Å²) in [5.41, 5.74) is 5.56. The highest BCUT2D eigenvalue weighted by Crippen LogP contribution is 1.93. The van der Waals surface area contributed by atoms with Gasteiger partial charge in [-0.15, -0.1) is 6.58 Å². The lowest BCUT2D eigenvalue weighted by molar-refractivity contribution is 0.130. The molecular weight excluding hydrogens is 116 g/mol. The average molecular weight is 130 g/mol. The summed E-state index contributed by atoms with van der Waals surface area (Å²) in [5, 5.41) is 0. The first-order valence-electron chi connectivity index (χ1n) is 2.99. The van der Waals surface area contributed by atoms with E-state index in [4.69, 9.17) is 11.6 Å². The Hall–Kier alpha value is -0.380. The largest absolute Gasteiger partial charge is 0.327 e. The van der Waals surface area contributed by atoms with Crippen molar-refractivity contribution >= 4 is 0 Å². The SMILES string of the molecule is C=CCC(N)CCON. The highest BCUT2D eigenvalue weighted by molar-refractivity contribution is 4.74. The van der Waals surface area contributed by atoms with Crippen LogP contribution in [-0.4, -0.2) is 12.6 Å². The predicted molar refractivity (Wildman–Crippen MR) is 37.5 cm³/mol. The summed E-state index contributed by atoms with van der Waals surface area (Å²) in [4.78, 5) is 4.34. The standard InChI is InChI=1S/C6H14N2O/c1-2-3-6(7)4-5-9-8/h2,6H,1,3-5,7-8H2. The number of rotatable bonds is 5. The van der Waals surface area contributed by atoms with E-state index in [1.165, 1.54) is 0 Å². The van der Waals surface area contributed by atoms with Crippen molar-refractivity contribution in [2.75, 3.05) is 6.61 Å². The molecule has 0 saturated heterocycles. The molecule has 3 nitrogen and oxygen atoms in total. The van der Waals surface area contributed by atoms with E-state index in [2.05, 4.69) is 11.4 Å². The molecule has 0 aromatic rings. The van der Waals surface area contributed by atoms with Crippen LogP contribution < -0.4 is 11.6 Å². The van der Waals surface area contributed by atoms with E-state index < -0.39 is 0 Å². The number of hydrogen-bond donors (Lipinski definition) is 2. The van der Waals surface area contributed by atoms with Gasteiger partial charge in [0.25, 0.3) is 0 Å². The highest BCUT2D eigenvalue weighted by Gasteiger charge is 1.97. The minimum Gasteiger partial charge on any atom is -0.327 e. The topological polar surface area (TPSA) is 61.3 Å². The minimum absolute atomic E-state index is 0.144. The molecule has 54 valence electrons. The molecule has 0 heterocycles. The zero-order chi connectivity index (χ0) is 7.11. The van der Waals surface area contributed by atoms with Crippen LogP contribution in [0.1, 0.15) is 12.8 Å². The van der Waals surface area contributed by atoms with E-state index in [-0.39, 0.29) is 6.04 Å². The van der Waals surface area contributed by atoms with Gasteiger partial charge in [0.05, 0.1) is 6.61 Å². The molecule has 0 aromatic heterocycles. The maximum absolute atomic E-state index is 5.56. The van der Waals surface area contributed by atoms with Crippen LogP contribution in [0, 0.1) is 0 Å². The van der Waals surface area contributed by atoms with Gasteiger partial charge in [-0.25, -0.2) is 5.90 Å². The third-order valence-electron chi connectivity index (χ3n) is 1.08. The van der Waals surface area contributed by atoms with Crippen LogP contribution in [-0.2, 0) is 4.84 Å². The summed E-state index contributed by atoms with van der Waals surface area (Å²) in [7, 11) is 0. The van der Waals surface area contributed by atoms with Gasteiger partial charge in [0.2, 0.25) is 0 Å². The Bertz CT molecular complexity index is 75.5. The van der Waals surface area contributed by atoms with Crippen molar-refractivity contribution in [1.82, 2.24) is 0 Å². The van der Waals surface area contributed by atoms with Crippen LogP contribution in [0.5, 0.6) is 0 Å². The fourth-order valence-electron chi connectivity index (χ4n) is 0.551. The minimum atomic E-state index is 0.144. The first-order chi connectivity index (χ1) is 4.31. The Morgan fingerprint density at radius 3 is 2.78 bits per heavy atom.